The van der Waals surface area contributed by atoms with Crippen LogP contribution in [0.4, 0.5) is 4.39 Å². The maximum atomic E-state index is 14.2. The highest BCUT2D eigenvalue weighted by atomic mass is 35.5. The average Bonchev–Trinajstić information content (AvgIpc) is 3.20. The highest BCUT2D eigenvalue weighted by Gasteiger charge is 2.23. The first-order chi connectivity index (χ1) is 14.8. The number of rotatable bonds is 7. The van der Waals surface area contributed by atoms with Gasteiger partial charge in [0.1, 0.15) is 5.82 Å². The minimum Gasteiger partial charge on any atom is -0.352 e. The normalized spacial score (nSPS) is 10.6. The molecule has 4 N–H and O–H groups in total. The molecule has 0 aliphatic rings. The molecule has 0 bridgehead atoms. The van der Waals surface area contributed by atoms with E-state index in [-0.39, 0.29) is 46.6 Å². The Morgan fingerprint density at radius 3 is 2.58 bits per heavy atom. The molecule has 0 atom stereocenters. The van der Waals surface area contributed by atoms with E-state index in [1.807, 2.05) is 0 Å². The molecule has 1 heterocycles. The summed E-state index contributed by atoms with van der Waals surface area (Å²) in [5, 5.41) is 9.36. The first-order valence-corrected chi connectivity index (χ1v) is 9.47. The SMILES string of the molecule is CNC(=O)c1nc(CNC(=O)CN)n(-c2ccc(Cl)cc2C(=O)c2ccccc2F)n1. The highest BCUT2D eigenvalue weighted by molar-refractivity contribution is 6.31. The van der Waals surface area contributed by atoms with Crippen molar-refractivity contribution in [3.63, 3.8) is 0 Å². The van der Waals surface area contributed by atoms with E-state index in [9.17, 15) is 18.8 Å². The molecule has 3 aromatic rings. The van der Waals surface area contributed by atoms with Crippen molar-refractivity contribution in [3.8, 4) is 5.69 Å². The fraction of sp³-hybridized carbons (Fsp3) is 0.150. The number of halogens is 2. The maximum Gasteiger partial charge on any atom is 0.290 e. The molecule has 31 heavy (non-hydrogen) atoms. The number of hydrogen-bond acceptors (Lipinski definition) is 6. The van der Waals surface area contributed by atoms with Gasteiger partial charge in [-0.3, -0.25) is 14.4 Å². The third-order valence-electron chi connectivity index (χ3n) is 4.28. The predicted octanol–water partition coefficient (Wildman–Crippen LogP) is 1.23. The van der Waals surface area contributed by atoms with E-state index in [2.05, 4.69) is 20.7 Å². The number of nitrogens with zero attached hydrogens (tertiary/aromatic N) is 3. The van der Waals surface area contributed by atoms with Gasteiger partial charge in [-0.2, -0.15) is 0 Å². The average molecular weight is 445 g/mol. The van der Waals surface area contributed by atoms with Gasteiger partial charge < -0.3 is 16.4 Å². The number of amides is 2. The molecule has 11 heteroatoms. The van der Waals surface area contributed by atoms with Crippen molar-refractivity contribution in [2.24, 2.45) is 5.73 Å². The van der Waals surface area contributed by atoms with Gasteiger partial charge in [-0.25, -0.2) is 14.1 Å². The number of nitrogens with two attached hydrogens (primary N) is 1. The minimum atomic E-state index is -0.696. The summed E-state index contributed by atoms with van der Waals surface area (Å²) in [6.07, 6.45) is 0. The zero-order chi connectivity index (χ0) is 22.5. The number of carbonyl (C=O) groups excluding carboxylic acids is 3. The van der Waals surface area contributed by atoms with Crippen LogP contribution in [-0.4, -0.2) is 46.0 Å². The van der Waals surface area contributed by atoms with Gasteiger partial charge in [0, 0.05) is 17.6 Å². The van der Waals surface area contributed by atoms with Crippen molar-refractivity contribution in [1.82, 2.24) is 25.4 Å². The van der Waals surface area contributed by atoms with Gasteiger partial charge in [-0.15, -0.1) is 5.10 Å². The Balaban J connectivity index is 2.15. The van der Waals surface area contributed by atoms with Crippen LogP contribution < -0.4 is 16.4 Å². The lowest BCUT2D eigenvalue weighted by Gasteiger charge is -2.12. The molecule has 1 aromatic heterocycles. The number of aromatic nitrogens is 3. The van der Waals surface area contributed by atoms with Gasteiger partial charge >= 0.3 is 0 Å². The summed E-state index contributed by atoms with van der Waals surface area (Å²) < 4.78 is 15.5. The molecule has 0 saturated heterocycles. The van der Waals surface area contributed by atoms with Crippen LogP contribution in [0.15, 0.2) is 42.5 Å². The standard InChI is InChI=1S/C20H18ClFN6O3/c1-24-20(31)19-26-16(10-25-17(29)9-23)28(27-19)15-7-6-11(21)8-13(15)18(30)12-4-2-3-5-14(12)22/h2-8H,9-10,23H2,1H3,(H,24,31)(H,25,29). The van der Waals surface area contributed by atoms with Crippen molar-refractivity contribution in [2.45, 2.75) is 6.54 Å². The van der Waals surface area contributed by atoms with Crippen LogP contribution in [0, 0.1) is 5.82 Å². The molecule has 160 valence electrons. The maximum absolute atomic E-state index is 14.2. The lowest BCUT2D eigenvalue weighted by Crippen LogP contribution is -2.30. The van der Waals surface area contributed by atoms with Gasteiger partial charge in [0.2, 0.25) is 11.7 Å². The van der Waals surface area contributed by atoms with Crippen molar-refractivity contribution in [1.29, 1.82) is 0 Å². The number of carbonyl (C=O) groups is 3. The molecule has 0 radical (unpaired) electrons. The first-order valence-electron chi connectivity index (χ1n) is 9.09. The van der Waals surface area contributed by atoms with Crippen molar-refractivity contribution < 1.29 is 18.8 Å². The Bertz CT molecular complexity index is 1160. The van der Waals surface area contributed by atoms with Crippen LogP contribution in [0.2, 0.25) is 5.02 Å². The Kier molecular flexibility index (Phi) is 6.73. The molecule has 2 aromatic carbocycles. The van der Waals surface area contributed by atoms with Crippen molar-refractivity contribution >= 4 is 29.2 Å². The molecule has 9 nitrogen and oxygen atoms in total. The van der Waals surface area contributed by atoms with Gasteiger partial charge in [0.15, 0.2) is 11.6 Å². The van der Waals surface area contributed by atoms with Gasteiger partial charge in [0.25, 0.3) is 5.91 Å². The molecule has 0 saturated carbocycles. The fourth-order valence-electron chi connectivity index (χ4n) is 2.77. The number of nitrogens with one attached hydrogen (secondary N) is 2. The quantitative estimate of drug-likeness (QED) is 0.469. The molecule has 0 unspecified atom stereocenters. The Morgan fingerprint density at radius 2 is 1.90 bits per heavy atom. The zero-order valence-corrected chi connectivity index (χ0v) is 17.1. The van der Waals surface area contributed by atoms with E-state index in [1.165, 1.54) is 54.2 Å². The second-order valence-electron chi connectivity index (χ2n) is 6.29. The predicted molar refractivity (Wildman–Crippen MR) is 110 cm³/mol. The lowest BCUT2D eigenvalue weighted by atomic mass is 10.0. The van der Waals surface area contributed by atoms with Crippen molar-refractivity contribution in [3.05, 3.63) is 76.1 Å². The minimum absolute atomic E-state index is 0.0392. The summed E-state index contributed by atoms with van der Waals surface area (Å²) in [5.74, 6) is -2.37. The van der Waals surface area contributed by atoms with E-state index in [0.717, 1.165) is 0 Å². The summed E-state index contributed by atoms with van der Waals surface area (Å²) in [6, 6.07) is 9.90. The monoisotopic (exact) mass is 444 g/mol. The van der Waals surface area contributed by atoms with Crippen LogP contribution in [0.5, 0.6) is 0 Å². The Labute approximate surface area is 181 Å². The molecular weight excluding hydrogens is 427 g/mol. The van der Waals surface area contributed by atoms with E-state index >= 15 is 0 Å². The van der Waals surface area contributed by atoms with Gasteiger partial charge in [-0.1, -0.05) is 23.7 Å². The second kappa shape index (κ2) is 9.45. The fourth-order valence-corrected chi connectivity index (χ4v) is 2.95. The number of ketones is 1. The molecule has 0 spiro atoms. The Morgan fingerprint density at radius 1 is 1.16 bits per heavy atom. The van der Waals surface area contributed by atoms with Crippen LogP contribution in [-0.2, 0) is 11.3 Å². The summed E-state index contributed by atoms with van der Waals surface area (Å²) in [6.45, 7) is -0.357. The molecule has 3 rings (SSSR count). The lowest BCUT2D eigenvalue weighted by molar-refractivity contribution is -0.119. The number of benzene rings is 2. The van der Waals surface area contributed by atoms with Gasteiger partial charge in [0.05, 0.1) is 24.3 Å². The van der Waals surface area contributed by atoms with Gasteiger partial charge in [-0.05, 0) is 30.3 Å². The van der Waals surface area contributed by atoms with E-state index in [4.69, 9.17) is 17.3 Å². The van der Waals surface area contributed by atoms with E-state index in [0.29, 0.717) is 0 Å². The third-order valence-corrected chi connectivity index (χ3v) is 4.52. The summed E-state index contributed by atoms with van der Waals surface area (Å²) in [7, 11) is 1.41. The molecule has 0 fully saturated rings. The smallest absolute Gasteiger partial charge is 0.290 e. The molecule has 0 aliphatic heterocycles. The zero-order valence-electron chi connectivity index (χ0n) is 16.4. The van der Waals surface area contributed by atoms with Crippen molar-refractivity contribution in [2.75, 3.05) is 13.6 Å². The Hall–Kier alpha value is -3.63. The molecule has 2 amide bonds. The summed E-state index contributed by atoms with van der Waals surface area (Å²) in [5.41, 5.74) is 5.39. The largest absolute Gasteiger partial charge is 0.352 e. The molecule has 0 aliphatic carbocycles. The topological polar surface area (TPSA) is 132 Å². The van der Waals surface area contributed by atoms with E-state index < -0.39 is 23.4 Å². The van der Waals surface area contributed by atoms with E-state index in [1.54, 1.807) is 0 Å². The van der Waals surface area contributed by atoms with Crippen LogP contribution >= 0.6 is 11.6 Å². The van der Waals surface area contributed by atoms with Crippen LogP contribution in [0.25, 0.3) is 5.69 Å². The molecular formula is C20H18ClFN6O3. The second-order valence-corrected chi connectivity index (χ2v) is 6.73. The third kappa shape index (κ3) is 4.76. The number of hydrogen-bond donors (Lipinski definition) is 3. The first kappa shape index (κ1) is 22.1. The van der Waals surface area contributed by atoms with Crippen LogP contribution in [0.1, 0.15) is 32.4 Å². The van der Waals surface area contributed by atoms with Crippen LogP contribution in [0.3, 0.4) is 0 Å². The summed E-state index contributed by atoms with van der Waals surface area (Å²) >= 11 is 6.09. The summed E-state index contributed by atoms with van der Waals surface area (Å²) in [4.78, 5) is 40.9. The highest BCUT2D eigenvalue weighted by Crippen LogP contribution is 2.24.